The van der Waals surface area contributed by atoms with Crippen LogP contribution in [0.2, 0.25) is 0 Å². The van der Waals surface area contributed by atoms with Crippen molar-refractivity contribution in [2.45, 2.75) is 77.5 Å². The molecule has 192 valence electrons. The number of hydrogen-bond acceptors (Lipinski definition) is 8. The van der Waals surface area contributed by atoms with Crippen LogP contribution < -0.4 is 14.9 Å². The van der Waals surface area contributed by atoms with Crippen molar-refractivity contribution in [2.75, 3.05) is 7.11 Å². The van der Waals surface area contributed by atoms with E-state index in [0.717, 1.165) is 0 Å². The summed E-state index contributed by atoms with van der Waals surface area (Å²) in [5.41, 5.74) is 0.746. The number of hydrogen-bond donors (Lipinski definition) is 2. The van der Waals surface area contributed by atoms with Gasteiger partial charge in [-0.1, -0.05) is 19.9 Å². The van der Waals surface area contributed by atoms with Crippen LogP contribution in [0.1, 0.15) is 58.8 Å². The fourth-order valence-corrected chi connectivity index (χ4v) is 5.01. The molecule has 3 unspecified atom stereocenters. The minimum Gasteiger partial charge on any atom is -0.507 e. The van der Waals surface area contributed by atoms with E-state index in [2.05, 4.69) is 0 Å². The highest BCUT2D eigenvalue weighted by atomic mass is 16.6. The summed E-state index contributed by atoms with van der Waals surface area (Å²) in [4.78, 5) is 13.7. The van der Waals surface area contributed by atoms with Crippen molar-refractivity contribution in [1.29, 1.82) is 0 Å². The van der Waals surface area contributed by atoms with Gasteiger partial charge in [0.2, 0.25) is 5.43 Å². The summed E-state index contributed by atoms with van der Waals surface area (Å²) in [6.07, 6.45) is 1.16. The Morgan fingerprint density at radius 3 is 2.39 bits per heavy atom. The molecule has 0 saturated carbocycles. The molecule has 0 radical (unpaired) electrons. The molecule has 8 heteroatoms. The van der Waals surface area contributed by atoms with Gasteiger partial charge < -0.3 is 33.6 Å². The van der Waals surface area contributed by atoms with Gasteiger partial charge >= 0.3 is 0 Å². The zero-order valence-corrected chi connectivity index (χ0v) is 21.6. The summed E-state index contributed by atoms with van der Waals surface area (Å²) in [5.74, 6) is 0.506. The Balaban J connectivity index is 0.00000130. The van der Waals surface area contributed by atoms with Gasteiger partial charge in [0, 0.05) is 12.0 Å². The van der Waals surface area contributed by atoms with Gasteiger partial charge in [-0.3, -0.25) is 4.79 Å². The summed E-state index contributed by atoms with van der Waals surface area (Å²) >= 11 is 0. The highest BCUT2D eigenvalue weighted by Gasteiger charge is 2.59. The molecule has 36 heavy (non-hydrogen) atoms. The van der Waals surface area contributed by atoms with Crippen LogP contribution in [0.15, 0.2) is 33.7 Å². The summed E-state index contributed by atoms with van der Waals surface area (Å²) in [7, 11) is 1.45. The molecule has 3 aliphatic heterocycles. The summed E-state index contributed by atoms with van der Waals surface area (Å²) < 4.78 is 29.1. The number of methoxy groups -OCH3 is 1. The average molecular weight is 497 g/mol. The monoisotopic (exact) mass is 496 g/mol. The van der Waals surface area contributed by atoms with Gasteiger partial charge in [-0.2, -0.15) is 0 Å². The van der Waals surface area contributed by atoms with Crippen LogP contribution in [0, 0.1) is 0 Å². The third kappa shape index (κ3) is 3.62. The van der Waals surface area contributed by atoms with E-state index in [-0.39, 0.29) is 57.7 Å². The lowest BCUT2D eigenvalue weighted by molar-refractivity contribution is 0.0710. The smallest absolute Gasteiger partial charge is 0.204 e. The Kier molecular flexibility index (Phi) is 5.53. The fourth-order valence-electron chi connectivity index (χ4n) is 5.01. The van der Waals surface area contributed by atoms with E-state index >= 15 is 0 Å². The Morgan fingerprint density at radius 1 is 1.08 bits per heavy atom. The van der Waals surface area contributed by atoms with Crippen LogP contribution in [0.3, 0.4) is 0 Å². The van der Waals surface area contributed by atoms with Gasteiger partial charge in [0.25, 0.3) is 0 Å². The van der Waals surface area contributed by atoms with Gasteiger partial charge in [-0.15, -0.1) is 0 Å². The molecule has 2 fully saturated rings. The first kappa shape index (κ1) is 24.5. The van der Waals surface area contributed by atoms with Crippen molar-refractivity contribution in [3.05, 3.63) is 45.8 Å². The van der Waals surface area contributed by atoms with E-state index < -0.39 is 11.0 Å². The second-order valence-electron chi connectivity index (χ2n) is 10.2. The minimum atomic E-state index is -0.590. The van der Waals surface area contributed by atoms with E-state index in [4.69, 9.17) is 23.4 Å². The van der Waals surface area contributed by atoms with Gasteiger partial charge in [-0.25, -0.2) is 0 Å². The maximum absolute atomic E-state index is 13.7. The van der Waals surface area contributed by atoms with E-state index in [1.54, 1.807) is 12.1 Å². The van der Waals surface area contributed by atoms with Gasteiger partial charge in [0.05, 0.1) is 29.9 Å². The molecule has 0 aliphatic carbocycles. The molecule has 0 bridgehead atoms. The largest absolute Gasteiger partial charge is 0.507 e. The number of aromatic hydroxyl groups is 2. The highest BCUT2D eigenvalue weighted by Crippen LogP contribution is 2.59. The van der Waals surface area contributed by atoms with Crippen LogP contribution in [-0.2, 0) is 15.9 Å². The highest BCUT2D eigenvalue weighted by molar-refractivity contribution is 5.93. The van der Waals surface area contributed by atoms with Crippen molar-refractivity contribution in [1.82, 2.24) is 0 Å². The second kappa shape index (κ2) is 8.15. The molecule has 0 spiro atoms. The number of epoxide rings is 2. The number of ether oxygens (including phenoxy) is 4. The molecular weight excluding hydrogens is 464 g/mol. The molecule has 0 amide bonds. The normalized spacial score (nSPS) is 24.0. The quantitative estimate of drug-likeness (QED) is 0.472. The van der Waals surface area contributed by atoms with Crippen LogP contribution in [0.5, 0.6) is 23.0 Å². The summed E-state index contributed by atoms with van der Waals surface area (Å²) in [5, 5.41) is 21.7. The Labute approximate surface area is 209 Å². The molecule has 8 nitrogen and oxygen atoms in total. The van der Waals surface area contributed by atoms with Gasteiger partial charge in [0.15, 0.2) is 17.1 Å². The van der Waals surface area contributed by atoms with Crippen LogP contribution in [0.25, 0.3) is 22.1 Å². The third-order valence-corrected chi connectivity index (χ3v) is 7.15. The number of phenols is 2. The molecule has 2 saturated heterocycles. The number of fused-ring (bicyclic) bond motifs is 5. The van der Waals surface area contributed by atoms with E-state index in [9.17, 15) is 15.0 Å². The van der Waals surface area contributed by atoms with Gasteiger partial charge in [0.1, 0.15) is 41.0 Å². The maximum Gasteiger partial charge on any atom is 0.204 e. The zero-order chi connectivity index (χ0) is 26.2. The van der Waals surface area contributed by atoms with Crippen LogP contribution in [0.4, 0.5) is 0 Å². The molecule has 1 aromatic heterocycles. The number of rotatable bonds is 4. The van der Waals surface area contributed by atoms with E-state index in [1.165, 1.54) is 19.4 Å². The van der Waals surface area contributed by atoms with Crippen molar-refractivity contribution < 1.29 is 33.6 Å². The first-order valence-electron chi connectivity index (χ1n) is 12.3. The van der Waals surface area contributed by atoms with Crippen molar-refractivity contribution in [3.8, 4) is 34.1 Å². The average Bonchev–Trinajstić information content (AvgIpc) is 3.74. The van der Waals surface area contributed by atoms with Crippen LogP contribution in [-0.4, -0.2) is 40.7 Å². The van der Waals surface area contributed by atoms with Gasteiger partial charge in [-0.05, 0) is 45.4 Å². The molecule has 2 N–H and O–H groups in total. The van der Waals surface area contributed by atoms with Crippen molar-refractivity contribution >= 4 is 11.0 Å². The predicted molar refractivity (Wildman–Crippen MR) is 134 cm³/mol. The Morgan fingerprint density at radius 2 is 1.78 bits per heavy atom. The molecule has 3 aliphatic rings. The topological polar surface area (TPSA) is 114 Å². The van der Waals surface area contributed by atoms with E-state index in [0.29, 0.717) is 28.9 Å². The molecule has 2 aromatic carbocycles. The fraction of sp³-hybridized carbons (Fsp3) is 0.464. The van der Waals surface area contributed by atoms with Crippen molar-refractivity contribution in [2.24, 2.45) is 0 Å². The first-order valence-corrected chi connectivity index (χ1v) is 12.3. The molecular formula is C28H32O8. The minimum absolute atomic E-state index is 0.0672. The molecule has 6 rings (SSSR count). The van der Waals surface area contributed by atoms with E-state index in [1.807, 2.05) is 41.5 Å². The molecule has 3 atom stereocenters. The Bertz CT molecular complexity index is 1420. The first-order chi connectivity index (χ1) is 17.0. The standard InChI is InChI=1S/C26H26O8.C2H6/c1-25(2)16(33-25)9-12-19(28)17-20(29)13(11-6-7-15(30-5)14(27)8-11)10-31-22(17)18-21(12)34-26(3,4)24-23(18)32-24;1-2/h6-8,10,16,23-24,27-28H,9H2,1-5H3;1-2H3. The lowest BCUT2D eigenvalue weighted by Crippen LogP contribution is -2.38. The Hall–Kier alpha value is -3.23. The molecule has 4 heterocycles. The number of benzene rings is 2. The third-order valence-electron chi connectivity index (χ3n) is 7.15. The summed E-state index contributed by atoms with van der Waals surface area (Å²) in [6.45, 7) is 11.8. The van der Waals surface area contributed by atoms with Crippen LogP contribution >= 0.6 is 0 Å². The predicted octanol–water partition coefficient (Wildman–Crippen LogP) is 5.24. The molecule has 3 aromatic rings. The maximum atomic E-state index is 13.7. The lowest BCUT2D eigenvalue weighted by atomic mass is 9.88. The second-order valence-corrected chi connectivity index (χ2v) is 10.2. The SMILES string of the molecule is CC.COc1ccc(-c2coc3c4c(c(CC5OC5(C)C)c(O)c3c2=O)OC(C)(C)C2OC42)cc1O. The van der Waals surface area contributed by atoms with Crippen molar-refractivity contribution in [3.63, 3.8) is 0 Å². The zero-order valence-electron chi connectivity index (χ0n) is 21.6. The number of phenolic OH excluding ortho intramolecular Hbond substituents is 2. The summed E-state index contributed by atoms with van der Waals surface area (Å²) in [6, 6.07) is 4.65. The lowest BCUT2D eigenvalue weighted by Gasteiger charge is -2.31.